The molecule has 1 aliphatic rings. The SMILES string of the molecule is CCNc1ccc(CN2CCOCC2CO)cc1[N+](=O)[O-]. The first-order valence-electron chi connectivity index (χ1n) is 7.09. The predicted octanol–water partition coefficient (Wildman–Crippen LogP) is 1.22. The third-order valence-corrected chi connectivity index (χ3v) is 3.57. The fourth-order valence-electron chi connectivity index (χ4n) is 2.47. The molecule has 21 heavy (non-hydrogen) atoms. The summed E-state index contributed by atoms with van der Waals surface area (Å²) < 4.78 is 5.33. The van der Waals surface area contributed by atoms with Crippen molar-refractivity contribution in [3.8, 4) is 0 Å². The Morgan fingerprint density at radius 1 is 1.57 bits per heavy atom. The molecule has 1 heterocycles. The van der Waals surface area contributed by atoms with Gasteiger partial charge in [-0.25, -0.2) is 0 Å². The van der Waals surface area contributed by atoms with Crippen LogP contribution in [-0.2, 0) is 11.3 Å². The second-order valence-corrected chi connectivity index (χ2v) is 5.02. The van der Waals surface area contributed by atoms with Crippen molar-refractivity contribution in [1.82, 2.24) is 4.90 Å². The van der Waals surface area contributed by atoms with Crippen LogP contribution in [0.1, 0.15) is 12.5 Å². The van der Waals surface area contributed by atoms with E-state index in [0.717, 1.165) is 5.56 Å². The van der Waals surface area contributed by atoms with E-state index in [-0.39, 0.29) is 23.3 Å². The number of hydrogen-bond donors (Lipinski definition) is 2. The van der Waals surface area contributed by atoms with Crippen LogP contribution in [0.4, 0.5) is 11.4 Å². The molecule has 0 saturated carbocycles. The minimum atomic E-state index is -0.371. The van der Waals surface area contributed by atoms with Gasteiger partial charge in [0.15, 0.2) is 0 Å². The standard InChI is InChI=1S/C14H21N3O4/c1-2-15-13-4-3-11(7-14(13)17(19)20)8-16-5-6-21-10-12(16)9-18/h3-4,7,12,15,18H,2,5-6,8-10H2,1H3. The average molecular weight is 295 g/mol. The van der Waals surface area contributed by atoms with Crippen molar-refractivity contribution >= 4 is 11.4 Å². The summed E-state index contributed by atoms with van der Waals surface area (Å²) in [4.78, 5) is 12.9. The Morgan fingerprint density at radius 2 is 2.38 bits per heavy atom. The van der Waals surface area contributed by atoms with Gasteiger partial charge in [-0.05, 0) is 18.6 Å². The van der Waals surface area contributed by atoms with E-state index in [0.29, 0.717) is 38.5 Å². The number of rotatable bonds is 6. The van der Waals surface area contributed by atoms with E-state index < -0.39 is 0 Å². The molecule has 0 radical (unpaired) electrons. The van der Waals surface area contributed by atoms with Gasteiger partial charge in [-0.1, -0.05) is 6.07 Å². The Bertz CT molecular complexity index is 495. The van der Waals surface area contributed by atoms with Crippen molar-refractivity contribution < 1.29 is 14.8 Å². The summed E-state index contributed by atoms with van der Waals surface area (Å²) >= 11 is 0. The summed E-state index contributed by atoms with van der Waals surface area (Å²) in [5.74, 6) is 0. The number of nitrogens with zero attached hydrogens (tertiary/aromatic N) is 2. The maximum absolute atomic E-state index is 11.2. The molecule has 7 heteroatoms. The molecule has 2 rings (SSSR count). The summed E-state index contributed by atoms with van der Waals surface area (Å²) in [5, 5.41) is 23.5. The summed E-state index contributed by atoms with van der Waals surface area (Å²) in [5.41, 5.74) is 1.48. The van der Waals surface area contributed by atoms with Crippen molar-refractivity contribution in [3.63, 3.8) is 0 Å². The number of anilines is 1. The van der Waals surface area contributed by atoms with Crippen LogP contribution < -0.4 is 5.32 Å². The van der Waals surface area contributed by atoms with Gasteiger partial charge in [0.25, 0.3) is 5.69 Å². The summed E-state index contributed by atoms with van der Waals surface area (Å²) in [6.45, 7) is 4.96. The largest absolute Gasteiger partial charge is 0.395 e. The lowest BCUT2D eigenvalue weighted by Crippen LogP contribution is -2.46. The number of nitro groups is 1. The molecule has 1 aliphatic heterocycles. The molecule has 0 amide bonds. The fraction of sp³-hybridized carbons (Fsp3) is 0.571. The third kappa shape index (κ3) is 3.90. The molecular weight excluding hydrogens is 274 g/mol. The van der Waals surface area contributed by atoms with Gasteiger partial charge in [0.1, 0.15) is 5.69 Å². The normalized spacial score (nSPS) is 19.4. The molecule has 2 N–H and O–H groups in total. The van der Waals surface area contributed by atoms with Crippen LogP contribution in [0, 0.1) is 10.1 Å². The highest BCUT2D eigenvalue weighted by molar-refractivity contribution is 5.62. The maximum atomic E-state index is 11.2. The molecule has 1 aromatic carbocycles. The van der Waals surface area contributed by atoms with Crippen LogP contribution in [0.15, 0.2) is 18.2 Å². The number of nitro benzene ring substituents is 1. The van der Waals surface area contributed by atoms with Gasteiger partial charge in [-0.2, -0.15) is 0 Å². The first-order valence-corrected chi connectivity index (χ1v) is 7.09. The van der Waals surface area contributed by atoms with Crippen LogP contribution in [0.2, 0.25) is 0 Å². The zero-order valence-corrected chi connectivity index (χ0v) is 12.1. The molecular formula is C14H21N3O4. The van der Waals surface area contributed by atoms with Crippen molar-refractivity contribution in [1.29, 1.82) is 0 Å². The van der Waals surface area contributed by atoms with Crippen LogP contribution in [0.5, 0.6) is 0 Å². The van der Waals surface area contributed by atoms with E-state index >= 15 is 0 Å². The molecule has 1 unspecified atom stereocenters. The van der Waals surface area contributed by atoms with Crippen molar-refractivity contribution in [2.75, 3.05) is 38.2 Å². The number of aliphatic hydroxyl groups excluding tert-OH is 1. The number of nitrogens with one attached hydrogen (secondary N) is 1. The minimum Gasteiger partial charge on any atom is -0.395 e. The summed E-state index contributed by atoms with van der Waals surface area (Å²) in [6, 6.07) is 5.17. The molecule has 0 spiro atoms. The van der Waals surface area contributed by atoms with Gasteiger partial charge >= 0.3 is 0 Å². The molecule has 1 atom stereocenters. The molecule has 1 fully saturated rings. The van der Waals surface area contributed by atoms with Crippen LogP contribution in [0.3, 0.4) is 0 Å². The Balaban J connectivity index is 2.16. The molecule has 0 aliphatic carbocycles. The lowest BCUT2D eigenvalue weighted by molar-refractivity contribution is -0.384. The fourth-order valence-corrected chi connectivity index (χ4v) is 2.47. The summed E-state index contributed by atoms with van der Waals surface area (Å²) in [6.07, 6.45) is 0. The Kier molecular flexibility index (Phi) is 5.49. The zero-order valence-electron chi connectivity index (χ0n) is 12.1. The van der Waals surface area contributed by atoms with Crippen molar-refractivity contribution in [2.24, 2.45) is 0 Å². The van der Waals surface area contributed by atoms with E-state index in [1.54, 1.807) is 12.1 Å². The van der Waals surface area contributed by atoms with Crippen molar-refractivity contribution in [2.45, 2.75) is 19.5 Å². The Morgan fingerprint density at radius 3 is 3.05 bits per heavy atom. The van der Waals surface area contributed by atoms with E-state index in [4.69, 9.17) is 4.74 Å². The number of ether oxygens (including phenoxy) is 1. The van der Waals surface area contributed by atoms with Gasteiger partial charge in [-0.3, -0.25) is 15.0 Å². The highest BCUT2D eigenvalue weighted by atomic mass is 16.6. The predicted molar refractivity (Wildman–Crippen MR) is 79.4 cm³/mol. The van der Waals surface area contributed by atoms with Gasteiger partial charge in [-0.15, -0.1) is 0 Å². The topological polar surface area (TPSA) is 87.9 Å². The Hall–Kier alpha value is -1.70. The highest BCUT2D eigenvalue weighted by Gasteiger charge is 2.23. The smallest absolute Gasteiger partial charge is 0.292 e. The molecule has 7 nitrogen and oxygen atoms in total. The molecule has 0 aromatic heterocycles. The highest BCUT2D eigenvalue weighted by Crippen LogP contribution is 2.26. The lowest BCUT2D eigenvalue weighted by atomic mass is 10.1. The van der Waals surface area contributed by atoms with E-state index in [1.165, 1.54) is 0 Å². The molecule has 116 valence electrons. The van der Waals surface area contributed by atoms with E-state index in [2.05, 4.69) is 10.2 Å². The number of aliphatic hydroxyl groups is 1. The zero-order chi connectivity index (χ0) is 15.2. The average Bonchev–Trinajstić information content (AvgIpc) is 2.49. The van der Waals surface area contributed by atoms with Crippen molar-refractivity contribution in [3.05, 3.63) is 33.9 Å². The maximum Gasteiger partial charge on any atom is 0.292 e. The van der Waals surface area contributed by atoms with Gasteiger partial charge in [0.2, 0.25) is 0 Å². The van der Waals surface area contributed by atoms with Crippen LogP contribution in [-0.4, -0.2) is 53.9 Å². The van der Waals surface area contributed by atoms with E-state index in [9.17, 15) is 15.2 Å². The first kappa shape index (κ1) is 15.7. The molecule has 0 bridgehead atoms. The second kappa shape index (κ2) is 7.35. The van der Waals surface area contributed by atoms with Gasteiger partial charge in [0, 0.05) is 25.7 Å². The van der Waals surface area contributed by atoms with Crippen LogP contribution in [0.25, 0.3) is 0 Å². The minimum absolute atomic E-state index is 0.0254. The van der Waals surface area contributed by atoms with E-state index in [1.807, 2.05) is 13.0 Å². The van der Waals surface area contributed by atoms with Gasteiger partial charge < -0.3 is 15.2 Å². The molecule has 1 saturated heterocycles. The summed E-state index contributed by atoms with van der Waals surface area (Å²) in [7, 11) is 0. The monoisotopic (exact) mass is 295 g/mol. The Labute approximate surface area is 123 Å². The number of morpholine rings is 1. The number of hydrogen-bond acceptors (Lipinski definition) is 6. The lowest BCUT2D eigenvalue weighted by Gasteiger charge is -2.34. The molecule has 1 aromatic rings. The van der Waals surface area contributed by atoms with Crippen LogP contribution >= 0.6 is 0 Å². The van der Waals surface area contributed by atoms with Gasteiger partial charge in [0.05, 0.1) is 30.8 Å². The third-order valence-electron chi connectivity index (χ3n) is 3.57. The quantitative estimate of drug-likeness (QED) is 0.606. The first-order chi connectivity index (χ1) is 10.2. The number of benzene rings is 1. The second-order valence-electron chi connectivity index (χ2n) is 5.02.